The molecule has 0 saturated carbocycles. The number of hydrogen-bond donors (Lipinski definition) is 1. The number of unbranched alkanes of at least 4 members (excludes halogenated alkanes) is 1. The molecule has 34 heavy (non-hydrogen) atoms. The Morgan fingerprint density at radius 2 is 1.68 bits per heavy atom. The number of aromatic nitrogens is 1. The van der Waals surface area contributed by atoms with Crippen LogP contribution in [0.5, 0.6) is 11.5 Å². The summed E-state index contributed by atoms with van der Waals surface area (Å²) in [6.45, 7) is 1.56. The monoisotopic (exact) mass is 457 g/mol. The Kier molecular flexibility index (Phi) is 6.21. The van der Waals surface area contributed by atoms with Crippen LogP contribution in [0.25, 0.3) is 21.8 Å². The molecule has 0 fully saturated rings. The first kappa shape index (κ1) is 22.0. The van der Waals surface area contributed by atoms with Gasteiger partial charge in [-0.05, 0) is 43.5 Å². The second kappa shape index (κ2) is 9.59. The van der Waals surface area contributed by atoms with Gasteiger partial charge in [0.15, 0.2) is 5.78 Å². The Labute approximate surface area is 197 Å². The smallest absolute Gasteiger partial charge is 0.305 e. The third kappa shape index (κ3) is 4.36. The second-order valence-corrected chi connectivity index (χ2v) is 8.60. The molecule has 0 amide bonds. The molecule has 6 nitrogen and oxygen atoms in total. The maximum Gasteiger partial charge on any atom is 0.305 e. The summed E-state index contributed by atoms with van der Waals surface area (Å²) >= 11 is 0. The molecule has 0 spiro atoms. The van der Waals surface area contributed by atoms with Crippen molar-refractivity contribution in [2.45, 2.75) is 38.6 Å². The van der Waals surface area contributed by atoms with E-state index in [1.165, 1.54) is 0 Å². The maximum absolute atomic E-state index is 11.9. The molecular formula is C28H27NO5. The molecule has 1 aromatic heterocycles. The van der Waals surface area contributed by atoms with E-state index >= 15 is 0 Å². The van der Waals surface area contributed by atoms with E-state index in [1.54, 1.807) is 0 Å². The van der Waals surface area contributed by atoms with Crippen LogP contribution < -0.4 is 9.47 Å². The number of aliphatic carboxylic acids is 1. The van der Waals surface area contributed by atoms with E-state index < -0.39 is 5.97 Å². The normalized spacial score (nSPS) is 12.9. The fraction of sp³-hybridized carbons (Fsp3) is 0.286. The standard InChI is InChI=1S/C28H27NO5/c30-26-13-12-23-22(26)7-5-9-27(23)34-17-4-3-16-33-19-10-11-21-20-6-1-2-8-24(20)29(25(21)18-19)15-14-28(31)32/h1-2,5-11,18H,3-4,12-17H2,(H,31,32). The van der Waals surface area contributed by atoms with Gasteiger partial charge < -0.3 is 19.1 Å². The predicted octanol–water partition coefficient (Wildman–Crippen LogP) is 5.64. The van der Waals surface area contributed by atoms with Crippen molar-refractivity contribution >= 4 is 33.6 Å². The third-order valence-electron chi connectivity index (χ3n) is 6.39. The number of ketones is 1. The molecule has 1 aliphatic rings. The first-order valence-corrected chi connectivity index (χ1v) is 11.8. The lowest BCUT2D eigenvalue weighted by molar-refractivity contribution is -0.137. The fourth-order valence-corrected chi connectivity index (χ4v) is 4.74. The number of rotatable bonds is 10. The number of fused-ring (bicyclic) bond motifs is 4. The van der Waals surface area contributed by atoms with E-state index in [2.05, 4.69) is 10.6 Å². The van der Waals surface area contributed by atoms with Gasteiger partial charge in [0.2, 0.25) is 0 Å². The Hall–Kier alpha value is -3.80. The number of nitrogens with zero attached hydrogens (tertiary/aromatic N) is 1. The number of ether oxygens (including phenoxy) is 2. The topological polar surface area (TPSA) is 77.8 Å². The molecule has 0 aliphatic heterocycles. The van der Waals surface area contributed by atoms with Gasteiger partial charge in [0, 0.05) is 46.4 Å². The van der Waals surface area contributed by atoms with Crippen LogP contribution in [0.4, 0.5) is 0 Å². The van der Waals surface area contributed by atoms with Gasteiger partial charge in [-0.25, -0.2) is 0 Å². The molecule has 0 saturated heterocycles. The minimum atomic E-state index is -0.812. The van der Waals surface area contributed by atoms with Crippen LogP contribution in [0.1, 0.15) is 41.6 Å². The molecule has 5 rings (SSSR count). The van der Waals surface area contributed by atoms with Crippen molar-refractivity contribution in [3.63, 3.8) is 0 Å². The van der Waals surface area contributed by atoms with Gasteiger partial charge in [-0.1, -0.05) is 30.3 Å². The van der Waals surface area contributed by atoms with Crippen LogP contribution in [0.15, 0.2) is 60.7 Å². The van der Waals surface area contributed by atoms with Crippen molar-refractivity contribution in [3.8, 4) is 11.5 Å². The van der Waals surface area contributed by atoms with Crippen molar-refractivity contribution < 1.29 is 24.2 Å². The zero-order valence-electron chi connectivity index (χ0n) is 19.0. The van der Waals surface area contributed by atoms with Crippen molar-refractivity contribution in [1.29, 1.82) is 0 Å². The van der Waals surface area contributed by atoms with Crippen LogP contribution in [0.2, 0.25) is 0 Å². The fourth-order valence-electron chi connectivity index (χ4n) is 4.74. The number of carboxylic acid groups (broad SMARTS) is 1. The van der Waals surface area contributed by atoms with Gasteiger partial charge in [0.25, 0.3) is 0 Å². The Morgan fingerprint density at radius 3 is 2.53 bits per heavy atom. The number of carboxylic acids is 1. The van der Waals surface area contributed by atoms with E-state index in [0.717, 1.165) is 63.7 Å². The lowest BCUT2D eigenvalue weighted by atomic mass is 10.1. The highest BCUT2D eigenvalue weighted by Gasteiger charge is 2.22. The summed E-state index contributed by atoms with van der Waals surface area (Å²) in [7, 11) is 0. The van der Waals surface area contributed by atoms with Crippen molar-refractivity contribution in [3.05, 3.63) is 71.8 Å². The molecule has 0 radical (unpaired) electrons. The zero-order chi connectivity index (χ0) is 23.5. The quantitative estimate of drug-likeness (QED) is 0.312. The van der Waals surface area contributed by atoms with E-state index in [0.29, 0.717) is 26.2 Å². The number of carbonyl (C=O) groups is 2. The Bertz CT molecular complexity index is 1370. The van der Waals surface area contributed by atoms with Crippen LogP contribution in [0.3, 0.4) is 0 Å². The molecule has 6 heteroatoms. The third-order valence-corrected chi connectivity index (χ3v) is 6.39. The van der Waals surface area contributed by atoms with Crippen molar-refractivity contribution in [1.82, 2.24) is 4.57 Å². The predicted molar refractivity (Wildman–Crippen MR) is 131 cm³/mol. The van der Waals surface area contributed by atoms with Crippen LogP contribution in [-0.2, 0) is 17.8 Å². The van der Waals surface area contributed by atoms with E-state index in [9.17, 15) is 9.59 Å². The summed E-state index contributed by atoms with van der Waals surface area (Å²) < 4.78 is 14.0. The van der Waals surface area contributed by atoms with E-state index in [4.69, 9.17) is 14.6 Å². The highest BCUT2D eigenvalue weighted by molar-refractivity contribution is 6.08. The maximum atomic E-state index is 11.9. The number of aryl methyl sites for hydroxylation is 1. The van der Waals surface area contributed by atoms with Gasteiger partial charge in [-0.15, -0.1) is 0 Å². The summed E-state index contributed by atoms with van der Waals surface area (Å²) in [5, 5.41) is 11.4. The first-order valence-electron chi connectivity index (χ1n) is 11.8. The number of Topliss-reactive ketones (excluding diaryl/α,β-unsaturated/α-hetero) is 1. The molecule has 1 aliphatic carbocycles. The summed E-state index contributed by atoms with van der Waals surface area (Å²) in [5.41, 5.74) is 3.85. The molecule has 0 unspecified atom stereocenters. The molecule has 4 aromatic rings. The van der Waals surface area contributed by atoms with Crippen LogP contribution >= 0.6 is 0 Å². The average Bonchev–Trinajstić information content (AvgIpc) is 3.38. The van der Waals surface area contributed by atoms with Gasteiger partial charge in [-0.2, -0.15) is 0 Å². The summed E-state index contributed by atoms with van der Waals surface area (Å²) in [4.78, 5) is 23.0. The molecule has 1 heterocycles. The summed E-state index contributed by atoms with van der Waals surface area (Å²) in [6, 6.07) is 19.8. The highest BCUT2D eigenvalue weighted by Crippen LogP contribution is 2.32. The summed E-state index contributed by atoms with van der Waals surface area (Å²) in [5.74, 6) is 0.983. The Balaban J connectivity index is 1.20. The van der Waals surface area contributed by atoms with E-state index in [-0.39, 0.29) is 12.2 Å². The lowest BCUT2D eigenvalue weighted by Crippen LogP contribution is -2.05. The molecule has 3 aromatic carbocycles. The number of benzene rings is 3. The van der Waals surface area contributed by atoms with Crippen molar-refractivity contribution in [2.75, 3.05) is 13.2 Å². The summed E-state index contributed by atoms with van der Waals surface area (Å²) in [6.07, 6.45) is 3.09. The molecule has 0 bridgehead atoms. The first-order chi connectivity index (χ1) is 16.6. The average molecular weight is 458 g/mol. The minimum absolute atomic E-state index is 0.0671. The molecule has 0 atom stereocenters. The molecule has 174 valence electrons. The largest absolute Gasteiger partial charge is 0.494 e. The lowest BCUT2D eigenvalue weighted by Gasteiger charge is -2.11. The van der Waals surface area contributed by atoms with Crippen molar-refractivity contribution in [2.24, 2.45) is 0 Å². The second-order valence-electron chi connectivity index (χ2n) is 8.60. The number of para-hydroxylation sites is 1. The van der Waals surface area contributed by atoms with E-state index in [1.807, 2.05) is 54.6 Å². The number of carbonyl (C=O) groups excluding carboxylic acids is 1. The minimum Gasteiger partial charge on any atom is -0.494 e. The zero-order valence-corrected chi connectivity index (χ0v) is 19.0. The van der Waals surface area contributed by atoms with Gasteiger partial charge in [-0.3, -0.25) is 9.59 Å². The highest BCUT2D eigenvalue weighted by atomic mass is 16.5. The van der Waals surface area contributed by atoms with Crippen LogP contribution in [0, 0.1) is 0 Å². The van der Waals surface area contributed by atoms with Crippen LogP contribution in [-0.4, -0.2) is 34.6 Å². The molecule has 1 N–H and O–H groups in total. The van der Waals surface area contributed by atoms with Gasteiger partial charge in [0.1, 0.15) is 11.5 Å². The number of hydrogen-bond acceptors (Lipinski definition) is 4. The Morgan fingerprint density at radius 1 is 0.882 bits per heavy atom. The SMILES string of the molecule is O=C(O)CCn1c2ccccc2c2ccc(OCCCCOc3cccc4c3CCC4=O)cc21. The van der Waals surface area contributed by atoms with Gasteiger partial charge >= 0.3 is 5.97 Å². The van der Waals surface area contributed by atoms with Gasteiger partial charge in [0.05, 0.1) is 25.2 Å². The molecular weight excluding hydrogens is 430 g/mol.